The van der Waals surface area contributed by atoms with Gasteiger partial charge < -0.3 is 9.47 Å². The van der Waals surface area contributed by atoms with Gasteiger partial charge in [0.2, 0.25) is 0 Å². The summed E-state index contributed by atoms with van der Waals surface area (Å²) in [5.74, 6) is 1.91. The fourth-order valence-electron chi connectivity index (χ4n) is 2.51. The first-order valence-corrected chi connectivity index (χ1v) is 6.12. The molecular formula is C16H12O2. The summed E-state index contributed by atoms with van der Waals surface area (Å²) in [4.78, 5) is 0. The maximum absolute atomic E-state index is 5.63. The van der Waals surface area contributed by atoms with Gasteiger partial charge in [-0.15, -0.1) is 0 Å². The highest BCUT2D eigenvalue weighted by molar-refractivity contribution is 5.89. The number of allylic oxidation sites excluding steroid dienone is 1. The molecule has 0 unspecified atom stereocenters. The highest BCUT2D eigenvalue weighted by Gasteiger charge is 2.12. The Morgan fingerprint density at radius 1 is 0.889 bits per heavy atom. The van der Waals surface area contributed by atoms with Crippen molar-refractivity contribution in [3.05, 3.63) is 53.8 Å². The second kappa shape index (κ2) is 3.64. The lowest BCUT2D eigenvalue weighted by molar-refractivity contribution is 0.359. The molecule has 0 saturated heterocycles. The second-order valence-corrected chi connectivity index (χ2v) is 4.60. The van der Waals surface area contributed by atoms with Crippen molar-refractivity contribution in [1.29, 1.82) is 0 Å². The maximum atomic E-state index is 5.63. The predicted molar refractivity (Wildman–Crippen MR) is 71.9 cm³/mol. The smallest absolute Gasteiger partial charge is 0.130 e. The molecule has 2 aliphatic rings. The molecule has 4 rings (SSSR count). The van der Waals surface area contributed by atoms with Gasteiger partial charge in [0, 0.05) is 5.56 Å². The van der Waals surface area contributed by atoms with E-state index in [1.165, 1.54) is 10.9 Å². The Kier molecular flexibility index (Phi) is 1.97. The van der Waals surface area contributed by atoms with Crippen LogP contribution in [0, 0.1) is 0 Å². The number of rotatable bonds is 0. The average Bonchev–Trinajstić information content (AvgIpc) is 2.42. The van der Waals surface area contributed by atoms with Crippen LogP contribution in [0.1, 0.15) is 11.1 Å². The van der Waals surface area contributed by atoms with Gasteiger partial charge in [0.05, 0.1) is 6.26 Å². The van der Waals surface area contributed by atoms with E-state index in [4.69, 9.17) is 9.47 Å². The summed E-state index contributed by atoms with van der Waals surface area (Å²) >= 11 is 0. The van der Waals surface area contributed by atoms with E-state index in [0.29, 0.717) is 6.61 Å². The number of hydrogen-bond donors (Lipinski definition) is 0. The molecule has 2 aromatic carbocycles. The first kappa shape index (κ1) is 9.77. The van der Waals surface area contributed by atoms with Gasteiger partial charge in [-0.25, -0.2) is 0 Å². The molecule has 2 heteroatoms. The van der Waals surface area contributed by atoms with E-state index in [0.717, 1.165) is 28.9 Å². The van der Waals surface area contributed by atoms with Gasteiger partial charge in [0.1, 0.15) is 18.1 Å². The van der Waals surface area contributed by atoms with Gasteiger partial charge in [-0.2, -0.15) is 0 Å². The van der Waals surface area contributed by atoms with E-state index in [1.807, 2.05) is 12.2 Å². The van der Waals surface area contributed by atoms with Gasteiger partial charge in [0.15, 0.2) is 0 Å². The summed E-state index contributed by atoms with van der Waals surface area (Å²) in [6, 6.07) is 8.57. The van der Waals surface area contributed by atoms with Crippen LogP contribution in [0.15, 0.2) is 42.7 Å². The van der Waals surface area contributed by atoms with E-state index < -0.39 is 0 Å². The number of benzene rings is 2. The zero-order valence-electron chi connectivity index (χ0n) is 9.85. The highest BCUT2D eigenvalue weighted by Crippen LogP contribution is 2.34. The summed E-state index contributed by atoms with van der Waals surface area (Å²) in [6.07, 6.45) is 8.89. The zero-order valence-corrected chi connectivity index (χ0v) is 9.85. The van der Waals surface area contributed by atoms with Gasteiger partial charge in [-0.3, -0.25) is 0 Å². The van der Waals surface area contributed by atoms with Crippen molar-refractivity contribution in [2.75, 3.05) is 6.61 Å². The second-order valence-electron chi connectivity index (χ2n) is 4.60. The lowest BCUT2D eigenvalue weighted by atomic mass is 9.99. The van der Waals surface area contributed by atoms with Crippen molar-refractivity contribution in [3.63, 3.8) is 0 Å². The minimum Gasteiger partial charge on any atom is -0.489 e. The SMILES string of the molecule is C1=Cc2cc3cc4c(cc3cc2OC1)OC=CC4. The molecular weight excluding hydrogens is 224 g/mol. The van der Waals surface area contributed by atoms with Crippen molar-refractivity contribution in [3.8, 4) is 11.5 Å². The summed E-state index contributed by atoms with van der Waals surface area (Å²) in [5.41, 5.74) is 2.40. The first-order chi connectivity index (χ1) is 8.90. The van der Waals surface area contributed by atoms with E-state index in [-0.39, 0.29) is 0 Å². The Morgan fingerprint density at radius 2 is 1.78 bits per heavy atom. The Morgan fingerprint density at radius 3 is 2.78 bits per heavy atom. The fraction of sp³-hybridized carbons (Fsp3) is 0.125. The van der Waals surface area contributed by atoms with Crippen LogP contribution in [-0.2, 0) is 6.42 Å². The molecule has 0 radical (unpaired) electrons. The average molecular weight is 236 g/mol. The topological polar surface area (TPSA) is 18.5 Å². The largest absolute Gasteiger partial charge is 0.489 e. The van der Waals surface area contributed by atoms with Gasteiger partial charge in [0.25, 0.3) is 0 Å². The van der Waals surface area contributed by atoms with Gasteiger partial charge in [-0.1, -0.05) is 6.08 Å². The standard InChI is InChI=1S/C16H12O2/c1-3-11-7-13-8-12-4-2-6-18-16(12)10-14(13)9-15(11)17-5-1/h1-3,6-10H,4-5H2. The van der Waals surface area contributed by atoms with Crippen LogP contribution in [0.3, 0.4) is 0 Å². The molecule has 88 valence electrons. The quantitative estimate of drug-likeness (QED) is 0.694. The van der Waals surface area contributed by atoms with Crippen LogP contribution >= 0.6 is 0 Å². The van der Waals surface area contributed by atoms with Crippen molar-refractivity contribution < 1.29 is 9.47 Å². The zero-order chi connectivity index (χ0) is 11.9. The van der Waals surface area contributed by atoms with E-state index in [9.17, 15) is 0 Å². The molecule has 0 aromatic heterocycles. The van der Waals surface area contributed by atoms with Crippen LogP contribution < -0.4 is 9.47 Å². The van der Waals surface area contributed by atoms with E-state index >= 15 is 0 Å². The fourth-order valence-corrected chi connectivity index (χ4v) is 2.51. The maximum Gasteiger partial charge on any atom is 0.130 e. The molecule has 0 aliphatic carbocycles. The lowest BCUT2D eigenvalue weighted by Gasteiger charge is -2.16. The van der Waals surface area contributed by atoms with Crippen molar-refractivity contribution in [1.82, 2.24) is 0 Å². The molecule has 0 atom stereocenters. The highest BCUT2D eigenvalue weighted by atomic mass is 16.5. The lowest BCUT2D eigenvalue weighted by Crippen LogP contribution is -2.01. The third kappa shape index (κ3) is 1.42. The third-order valence-electron chi connectivity index (χ3n) is 3.41. The molecule has 0 N–H and O–H groups in total. The van der Waals surface area contributed by atoms with E-state index in [2.05, 4.69) is 30.3 Å². The normalized spacial score (nSPS) is 15.8. The van der Waals surface area contributed by atoms with Crippen molar-refractivity contribution in [2.24, 2.45) is 0 Å². The summed E-state index contributed by atoms with van der Waals surface area (Å²) in [5, 5.41) is 2.40. The van der Waals surface area contributed by atoms with Crippen LogP contribution in [0.5, 0.6) is 11.5 Å². The minimum atomic E-state index is 0.655. The number of fused-ring (bicyclic) bond motifs is 3. The van der Waals surface area contributed by atoms with Gasteiger partial charge >= 0.3 is 0 Å². The molecule has 2 aromatic rings. The Hall–Kier alpha value is -2.22. The Labute approximate surface area is 105 Å². The molecule has 2 heterocycles. The van der Waals surface area contributed by atoms with Crippen molar-refractivity contribution >= 4 is 16.8 Å². The van der Waals surface area contributed by atoms with Gasteiger partial charge in [-0.05, 0) is 59.2 Å². The summed E-state index contributed by atoms with van der Waals surface area (Å²) in [6.45, 7) is 0.655. The van der Waals surface area contributed by atoms with Crippen LogP contribution in [0.2, 0.25) is 0 Å². The number of hydrogen-bond acceptors (Lipinski definition) is 2. The predicted octanol–water partition coefficient (Wildman–Crippen LogP) is 3.69. The van der Waals surface area contributed by atoms with E-state index in [1.54, 1.807) is 6.26 Å². The molecule has 2 nitrogen and oxygen atoms in total. The summed E-state index contributed by atoms with van der Waals surface area (Å²) in [7, 11) is 0. The molecule has 0 saturated carbocycles. The Bertz CT molecular complexity index is 696. The molecule has 2 aliphatic heterocycles. The number of ether oxygens (including phenoxy) is 2. The van der Waals surface area contributed by atoms with Crippen LogP contribution in [0.4, 0.5) is 0 Å². The monoisotopic (exact) mass is 236 g/mol. The van der Waals surface area contributed by atoms with Crippen LogP contribution in [0.25, 0.3) is 16.8 Å². The molecule has 0 spiro atoms. The minimum absolute atomic E-state index is 0.655. The van der Waals surface area contributed by atoms with Crippen molar-refractivity contribution in [2.45, 2.75) is 6.42 Å². The third-order valence-corrected chi connectivity index (χ3v) is 3.41. The molecule has 0 bridgehead atoms. The summed E-state index contributed by atoms with van der Waals surface area (Å²) < 4.78 is 11.2. The Balaban J connectivity index is 1.97. The first-order valence-electron chi connectivity index (χ1n) is 6.12. The molecule has 0 fully saturated rings. The van der Waals surface area contributed by atoms with Crippen LogP contribution in [-0.4, -0.2) is 6.61 Å². The molecule has 18 heavy (non-hydrogen) atoms. The molecule has 0 amide bonds.